The van der Waals surface area contributed by atoms with Crippen LogP contribution < -0.4 is 11.2 Å². The van der Waals surface area contributed by atoms with Gasteiger partial charge >= 0.3 is 19.0 Å². The second kappa shape index (κ2) is 11.4. The first-order valence-corrected chi connectivity index (χ1v) is 15.1. The summed E-state index contributed by atoms with van der Waals surface area (Å²) in [7, 11) is 0.769. The number of alkyl halides is 3. The molecule has 1 saturated heterocycles. The molecule has 1 unspecified atom stereocenters. The average molecular weight is 654 g/mol. The van der Waals surface area contributed by atoms with E-state index in [9.17, 15) is 18.0 Å². The van der Waals surface area contributed by atoms with Crippen molar-refractivity contribution in [3.8, 4) is 11.4 Å². The van der Waals surface area contributed by atoms with Crippen molar-refractivity contribution in [2.24, 2.45) is 7.05 Å². The number of nitrogens with zero attached hydrogens (tertiary/aromatic N) is 6. The lowest BCUT2D eigenvalue weighted by atomic mass is 9.76. The zero-order valence-corrected chi connectivity index (χ0v) is 26.9. The third-order valence-corrected chi connectivity index (χ3v) is 8.92. The van der Waals surface area contributed by atoms with Crippen LogP contribution in [0, 0.1) is 0 Å². The lowest BCUT2D eigenvalue weighted by Crippen LogP contribution is -2.47. The highest BCUT2D eigenvalue weighted by Gasteiger charge is 2.56. The van der Waals surface area contributed by atoms with Crippen LogP contribution in [-0.4, -0.2) is 52.4 Å². The molecule has 4 aromatic heterocycles. The van der Waals surface area contributed by atoms with Crippen molar-refractivity contribution in [3.63, 3.8) is 0 Å². The zero-order chi connectivity index (χ0) is 33.2. The summed E-state index contributed by atoms with van der Waals surface area (Å²) >= 11 is 5.93. The number of rotatable bonds is 7. The van der Waals surface area contributed by atoms with Crippen LogP contribution in [0.5, 0.6) is 0 Å². The van der Waals surface area contributed by atoms with Crippen LogP contribution in [-0.2, 0) is 35.5 Å². The van der Waals surface area contributed by atoms with E-state index in [-0.39, 0.29) is 41.4 Å². The Morgan fingerprint density at radius 2 is 1.78 bits per heavy atom. The first-order chi connectivity index (χ1) is 21.6. The highest BCUT2D eigenvalue weighted by Crippen LogP contribution is 2.43. The summed E-state index contributed by atoms with van der Waals surface area (Å²) in [5.41, 5.74) is 0.0469. The number of fused-ring (bicyclic) bond motifs is 1. The van der Waals surface area contributed by atoms with Gasteiger partial charge in [0.1, 0.15) is 11.3 Å². The highest BCUT2D eigenvalue weighted by molar-refractivity contribution is 6.62. The molecule has 0 radical (unpaired) electrons. The van der Waals surface area contributed by atoms with Gasteiger partial charge < -0.3 is 18.9 Å². The van der Waals surface area contributed by atoms with Gasteiger partial charge in [-0.15, -0.1) is 0 Å². The van der Waals surface area contributed by atoms with E-state index in [1.807, 2.05) is 33.8 Å². The van der Waals surface area contributed by atoms with Crippen molar-refractivity contribution in [3.05, 3.63) is 87.2 Å². The van der Waals surface area contributed by atoms with Gasteiger partial charge in [-0.3, -0.25) is 9.55 Å². The zero-order valence-electron chi connectivity index (χ0n) is 26.1. The molecule has 10 nitrogen and oxygen atoms in total. The molecule has 240 valence electrons. The molecule has 1 aliphatic heterocycles. The smallest absolute Gasteiger partial charge is 0.399 e. The molecule has 1 fully saturated rings. The maximum atomic E-state index is 14.5. The molecule has 0 saturated carbocycles. The highest BCUT2D eigenvalue weighted by atomic mass is 35.5. The summed E-state index contributed by atoms with van der Waals surface area (Å²) in [5, 5.41) is 0.00127. The number of halogens is 4. The molecule has 46 heavy (non-hydrogen) atoms. The molecule has 6 rings (SSSR count). The van der Waals surface area contributed by atoms with Crippen LogP contribution in [0.15, 0.2) is 53.6 Å². The van der Waals surface area contributed by atoms with E-state index in [0.29, 0.717) is 16.7 Å². The molecule has 1 aliphatic rings. The number of nitrogens with one attached hydrogen (secondary N) is 1. The van der Waals surface area contributed by atoms with Crippen molar-refractivity contribution in [1.29, 1.82) is 0 Å². The van der Waals surface area contributed by atoms with Gasteiger partial charge in [0.15, 0.2) is 11.3 Å². The lowest BCUT2D eigenvalue weighted by molar-refractivity contribution is -0.142. The van der Waals surface area contributed by atoms with E-state index in [1.54, 1.807) is 50.5 Å². The summed E-state index contributed by atoms with van der Waals surface area (Å²) in [5.74, 6) is 0.237. The fourth-order valence-corrected chi connectivity index (χ4v) is 5.97. The van der Waals surface area contributed by atoms with Crippen LogP contribution in [0.3, 0.4) is 0 Å². The van der Waals surface area contributed by atoms with Crippen molar-refractivity contribution in [2.45, 2.75) is 70.9 Å². The van der Waals surface area contributed by atoms with E-state index in [4.69, 9.17) is 20.9 Å². The second-order valence-electron chi connectivity index (χ2n) is 12.5. The van der Waals surface area contributed by atoms with E-state index < -0.39 is 30.2 Å². The van der Waals surface area contributed by atoms with Crippen molar-refractivity contribution < 1.29 is 22.5 Å². The monoisotopic (exact) mass is 653 g/mol. The summed E-state index contributed by atoms with van der Waals surface area (Å²) in [6.07, 6.45) is -1.70. The predicted octanol–water partition coefficient (Wildman–Crippen LogP) is 5.28. The van der Waals surface area contributed by atoms with Gasteiger partial charge in [-0.2, -0.15) is 18.2 Å². The molecule has 0 bridgehead atoms. The van der Waals surface area contributed by atoms with Gasteiger partial charge in [0.25, 0.3) is 0 Å². The maximum Gasteiger partial charge on any atom is 0.496 e. The molecule has 0 aliphatic carbocycles. The van der Waals surface area contributed by atoms with Gasteiger partial charge in [0.2, 0.25) is 5.28 Å². The molecular formula is C31H32BClF3N7O3. The Labute approximate surface area is 268 Å². The molecular weight excluding hydrogens is 622 g/mol. The molecule has 1 aromatic carbocycles. The van der Waals surface area contributed by atoms with Crippen molar-refractivity contribution in [1.82, 2.24) is 34.1 Å². The SMILES string of the molecule is CC(C)c1ncccc1B1OC(C)(C)C(C)(Cc2c(C(F)(F)F)nc(-c3ccc(Cn4c(=O)[nH]c5cnc(Cl)nc54)cc3)n2C)O1. The van der Waals surface area contributed by atoms with Crippen LogP contribution in [0.25, 0.3) is 22.6 Å². The summed E-state index contributed by atoms with van der Waals surface area (Å²) < 4.78 is 59.2. The van der Waals surface area contributed by atoms with Crippen molar-refractivity contribution >= 4 is 35.3 Å². The minimum atomic E-state index is -4.71. The van der Waals surface area contributed by atoms with E-state index in [1.165, 1.54) is 15.3 Å². The number of aromatic amines is 1. The molecule has 15 heteroatoms. The predicted molar refractivity (Wildman–Crippen MR) is 168 cm³/mol. The molecule has 1 N–H and O–H groups in total. The maximum absolute atomic E-state index is 14.5. The fourth-order valence-electron chi connectivity index (χ4n) is 5.84. The second-order valence-corrected chi connectivity index (χ2v) is 12.8. The average Bonchev–Trinajstić information content (AvgIpc) is 3.56. The number of imidazole rings is 2. The van der Waals surface area contributed by atoms with Crippen molar-refractivity contribution in [2.75, 3.05) is 0 Å². The van der Waals surface area contributed by atoms with Crippen LogP contribution >= 0.6 is 11.6 Å². The fraction of sp³-hybridized carbons (Fsp3) is 0.387. The molecule has 5 aromatic rings. The van der Waals surface area contributed by atoms with E-state index in [0.717, 1.165) is 16.7 Å². The Hall–Kier alpha value is -4.01. The van der Waals surface area contributed by atoms with Gasteiger partial charge in [0, 0.05) is 36.4 Å². The number of hydrogen-bond donors (Lipinski definition) is 1. The Bertz CT molecular complexity index is 1990. The minimum absolute atomic E-state index is 0.00127. The molecule has 0 spiro atoms. The summed E-state index contributed by atoms with van der Waals surface area (Å²) in [6.45, 7) is 9.59. The van der Waals surface area contributed by atoms with Crippen LogP contribution in [0.1, 0.15) is 63.2 Å². The third-order valence-electron chi connectivity index (χ3n) is 8.74. The Balaban J connectivity index is 1.32. The number of pyridine rings is 1. The summed E-state index contributed by atoms with van der Waals surface area (Å²) in [4.78, 5) is 31.8. The number of hydrogen-bond acceptors (Lipinski definition) is 7. The van der Waals surface area contributed by atoms with Gasteiger partial charge in [-0.1, -0.05) is 44.2 Å². The van der Waals surface area contributed by atoms with E-state index >= 15 is 0 Å². The topological polar surface area (TPSA) is 113 Å². The Morgan fingerprint density at radius 1 is 1.07 bits per heavy atom. The Morgan fingerprint density at radius 3 is 2.46 bits per heavy atom. The first kappa shape index (κ1) is 32.0. The number of benzene rings is 1. The number of aromatic nitrogens is 7. The molecule has 1 atom stereocenters. The normalized spacial score (nSPS) is 18.3. The Kier molecular flexibility index (Phi) is 7.89. The summed E-state index contributed by atoms with van der Waals surface area (Å²) in [6, 6.07) is 10.5. The standard InChI is InChI=1S/C31H32BClF3N7O3/c1-17(2)23-20(8-7-13-37-23)32-45-29(3,4)30(5,46-32)14-22-24(31(34,35)36)40-25(42(22)6)19-11-9-18(10-12-19)16-43-26-21(39-28(43)44)15-38-27(33)41-26/h7-13,15,17H,14,16H2,1-6H3,(H,39,44). The largest absolute Gasteiger partial charge is 0.496 e. The van der Waals surface area contributed by atoms with Gasteiger partial charge in [-0.05, 0) is 49.9 Å². The lowest BCUT2D eigenvalue weighted by Gasteiger charge is -2.36. The molecule has 0 amide bonds. The van der Waals surface area contributed by atoms with Gasteiger partial charge in [-0.25, -0.2) is 14.8 Å². The number of H-pyrrole nitrogens is 1. The molecule has 5 heterocycles. The third kappa shape index (κ3) is 5.62. The first-order valence-electron chi connectivity index (χ1n) is 14.7. The van der Waals surface area contributed by atoms with Crippen LogP contribution in [0.2, 0.25) is 5.28 Å². The van der Waals surface area contributed by atoms with Crippen LogP contribution in [0.4, 0.5) is 13.2 Å². The minimum Gasteiger partial charge on any atom is -0.399 e. The van der Waals surface area contributed by atoms with Gasteiger partial charge in [0.05, 0.1) is 29.6 Å². The quantitative estimate of drug-likeness (QED) is 0.188. The van der Waals surface area contributed by atoms with E-state index in [2.05, 4.69) is 24.9 Å².